The number of rotatable bonds is 8. The smallest absolute Gasteiger partial charge is 0.441 e. The number of carbonyl (C=O) groups excluding carboxylic acids is 1. The maximum atomic E-state index is 14.0. The molecule has 0 aliphatic rings. The van der Waals surface area contributed by atoms with Gasteiger partial charge in [0.2, 0.25) is 0 Å². The van der Waals surface area contributed by atoms with Crippen molar-refractivity contribution in [3.8, 4) is 0 Å². The summed E-state index contributed by atoms with van der Waals surface area (Å²) in [5.41, 5.74) is 0.775. The monoisotopic (exact) mass is 395 g/mol. The van der Waals surface area contributed by atoms with E-state index in [0.717, 1.165) is 10.1 Å². The first-order chi connectivity index (χ1) is 12.9. The van der Waals surface area contributed by atoms with Crippen LogP contribution in [0.1, 0.15) is 24.2 Å². The van der Waals surface area contributed by atoms with Gasteiger partial charge in [-0.15, -0.1) is 0 Å². The molecule has 0 N–H and O–H groups in total. The molecular formula is C18H19ClFN3O4. The Balaban J connectivity index is 1.98. The summed E-state index contributed by atoms with van der Waals surface area (Å²) < 4.78 is 24.3. The Bertz CT molecular complexity index is 887. The number of aliphatic imine (C=N–C) groups is 1. The summed E-state index contributed by atoms with van der Waals surface area (Å²) in [4.78, 5) is 27.5. The zero-order chi connectivity index (χ0) is 19.8. The molecule has 0 aliphatic heterocycles. The van der Waals surface area contributed by atoms with Crippen LogP contribution in [0, 0.1) is 6.92 Å². The van der Waals surface area contributed by atoms with E-state index < -0.39 is 23.6 Å². The zero-order valence-electron chi connectivity index (χ0n) is 14.9. The van der Waals surface area contributed by atoms with E-state index in [1.54, 1.807) is 24.3 Å². The molecule has 1 unspecified atom stereocenters. The highest BCUT2D eigenvalue weighted by atomic mass is 35.5. The second kappa shape index (κ2) is 9.82. The third-order valence-corrected chi connectivity index (χ3v) is 3.98. The van der Waals surface area contributed by atoms with E-state index in [2.05, 4.69) is 14.7 Å². The highest BCUT2D eigenvalue weighted by Crippen LogP contribution is 2.11. The first-order valence-corrected chi connectivity index (χ1v) is 8.52. The normalized spacial score (nSPS) is 13.1. The molecule has 1 heterocycles. The van der Waals surface area contributed by atoms with E-state index in [1.165, 1.54) is 26.3 Å². The summed E-state index contributed by atoms with van der Waals surface area (Å²) in [5, 5.41) is 4.06. The van der Waals surface area contributed by atoms with Crippen LogP contribution in [-0.2, 0) is 16.1 Å². The molecule has 0 spiro atoms. The number of carbonyl (C=O) groups is 1. The van der Waals surface area contributed by atoms with Gasteiger partial charge in [-0.1, -0.05) is 35.0 Å². The van der Waals surface area contributed by atoms with Crippen molar-refractivity contribution < 1.29 is 18.4 Å². The summed E-state index contributed by atoms with van der Waals surface area (Å²) in [6.45, 7) is 1.27. The first-order valence-electron chi connectivity index (χ1n) is 8.15. The second-order valence-electron chi connectivity index (χ2n) is 5.68. The van der Waals surface area contributed by atoms with E-state index >= 15 is 0 Å². The zero-order valence-corrected chi connectivity index (χ0v) is 15.6. The van der Waals surface area contributed by atoms with Crippen molar-refractivity contribution in [1.82, 2.24) is 9.72 Å². The topological polar surface area (TPSA) is 86.7 Å². The van der Waals surface area contributed by atoms with Gasteiger partial charge < -0.3 is 4.74 Å². The molecule has 7 nitrogen and oxygen atoms in total. The van der Waals surface area contributed by atoms with Crippen LogP contribution in [0.4, 0.5) is 4.39 Å². The maximum absolute atomic E-state index is 14.0. The molecule has 0 saturated heterocycles. The summed E-state index contributed by atoms with van der Waals surface area (Å²) in [5.74, 6) is -1.49. The Labute approximate surface area is 160 Å². The highest BCUT2D eigenvalue weighted by Gasteiger charge is 2.17. The molecule has 1 aromatic heterocycles. The lowest BCUT2D eigenvalue weighted by Gasteiger charge is -2.09. The predicted molar refractivity (Wildman–Crippen MR) is 98.8 cm³/mol. The van der Waals surface area contributed by atoms with Crippen LogP contribution in [-0.4, -0.2) is 35.1 Å². The van der Waals surface area contributed by atoms with Crippen LogP contribution in [0.15, 0.2) is 50.5 Å². The van der Waals surface area contributed by atoms with Crippen LogP contribution >= 0.6 is 11.6 Å². The first kappa shape index (κ1) is 20.6. The van der Waals surface area contributed by atoms with Gasteiger partial charge in [-0.05, 0) is 37.5 Å². The van der Waals surface area contributed by atoms with E-state index in [-0.39, 0.29) is 25.2 Å². The number of benzene rings is 1. The molecule has 0 radical (unpaired) electrons. The van der Waals surface area contributed by atoms with Crippen molar-refractivity contribution in [1.29, 1.82) is 0 Å². The number of allylic oxidation sites excluding steroid dienone is 2. The SMILES string of the molecule is COC(=O)C(CCC=C(F)Cn1c(C)noc1=O)N=Cc1ccc(Cl)cc1. The Morgan fingerprint density at radius 3 is 2.74 bits per heavy atom. The summed E-state index contributed by atoms with van der Waals surface area (Å²) >= 11 is 5.82. The number of hydrogen-bond acceptors (Lipinski definition) is 6. The Hall–Kier alpha value is -2.74. The van der Waals surface area contributed by atoms with Gasteiger partial charge in [-0.25, -0.2) is 14.0 Å². The fourth-order valence-electron chi connectivity index (χ4n) is 2.24. The van der Waals surface area contributed by atoms with E-state index in [1.807, 2.05) is 0 Å². The summed E-state index contributed by atoms with van der Waals surface area (Å²) in [6.07, 6.45) is 3.33. The van der Waals surface area contributed by atoms with Gasteiger partial charge in [-0.2, -0.15) is 0 Å². The lowest BCUT2D eigenvalue weighted by molar-refractivity contribution is -0.142. The van der Waals surface area contributed by atoms with Gasteiger partial charge in [0.25, 0.3) is 0 Å². The molecule has 0 bridgehead atoms. The van der Waals surface area contributed by atoms with Crippen molar-refractivity contribution in [2.24, 2.45) is 4.99 Å². The van der Waals surface area contributed by atoms with Crippen molar-refractivity contribution >= 4 is 23.8 Å². The van der Waals surface area contributed by atoms with Gasteiger partial charge in [-0.3, -0.25) is 14.1 Å². The number of aromatic nitrogens is 2. The average molecular weight is 396 g/mol. The minimum absolute atomic E-state index is 0.239. The third-order valence-electron chi connectivity index (χ3n) is 3.73. The number of ether oxygens (including phenoxy) is 1. The van der Waals surface area contributed by atoms with Crippen LogP contribution in [0.3, 0.4) is 0 Å². The standard InChI is InChI=1S/C18H19ClFN3O4/c1-12-22-27-18(25)23(12)11-15(20)4-3-5-16(17(24)26-2)21-10-13-6-8-14(19)9-7-13/h4,6-10,16H,3,5,11H2,1-2H3. The number of aryl methyl sites for hydroxylation is 1. The molecule has 0 fully saturated rings. The molecule has 9 heteroatoms. The quantitative estimate of drug-likeness (QED) is 0.506. The number of nitrogens with zero attached hydrogens (tertiary/aromatic N) is 3. The van der Waals surface area contributed by atoms with Crippen LogP contribution in [0.5, 0.6) is 0 Å². The van der Waals surface area contributed by atoms with Crippen molar-refractivity contribution in [2.75, 3.05) is 7.11 Å². The van der Waals surface area contributed by atoms with Gasteiger partial charge in [0.1, 0.15) is 11.9 Å². The largest absolute Gasteiger partial charge is 0.467 e. The fourth-order valence-corrected chi connectivity index (χ4v) is 2.37. The maximum Gasteiger partial charge on any atom is 0.441 e. The Kier molecular flexibility index (Phi) is 7.48. The van der Waals surface area contributed by atoms with Crippen LogP contribution in [0.2, 0.25) is 5.02 Å². The molecule has 2 aromatic rings. The lowest BCUT2D eigenvalue weighted by atomic mass is 10.1. The van der Waals surface area contributed by atoms with E-state index in [4.69, 9.17) is 16.3 Å². The molecule has 27 heavy (non-hydrogen) atoms. The van der Waals surface area contributed by atoms with Crippen molar-refractivity contribution in [3.05, 3.63) is 63.1 Å². The second-order valence-corrected chi connectivity index (χ2v) is 6.12. The number of methoxy groups -OCH3 is 1. The predicted octanol–water partition coefficient (Wildman–Crippen LogP) is 3.09. The van der Waals surface area contributed by atoms with Crippen molar-refractivity contribution in [3.63, 3.8) is 0 Å². The number of hydrogen-bond donors (Lipinski definition) is 0. The number of halogens is 2. The van der Waals surface area contributed by atoms with Crippen molar-refractivity contribution in [2.45, 2.75) is 32.4 Å². The molecule has 1 atom stereocenters. The molecule has 2 rings (SSSR count). The van der Waals surface area contributed by atoms with E-state index in [0.29, 0.717) is 5.02 Å². The molecule has 1 aromatic carbocycles. The summed E-state index contributed by atoms with van der Waals surface area (Å²) in [7, 11) is 1.27. The molecule has 0 saturated carbocycles. The molecular weight excluding hydrogens is 377 g/mol. The van der Waals surface area contributed by atoms with Gasteiger partial charge in [0.15, 0.2) is 5.82 Å². The van der Waals surface area contributed by atoms with Crippen LogP contribution in [0.25, 0.3) is 0 Å². The van der Waals surface area contributed by atoms with Gasteiger partial charge in [0.05, 0.1) is 13.7 Å². The number of esters is 1. The highest BCUT2D eigenvalue weighted by molar-refractivity contribution is 6.30. The summed E-state index contributed by atoms with van der Waals surface area (Å²) in [6, 6.07) is 6.18. The average Bonchev–Trinajstić information content (AvgIpc) is 2.97. The third kappa shape index (κ3) is 6.18. The minimum atomic E-state index is -0.769. The molecule has 144 valence electrons. The fraction of sp³-hybridized carbons (Fsp3) is 0.333. The minimum Gasteiger partial charge on any atom is -0.467 e. The van der Waals surface area contributed by atoms with Gasteiger partial charge >= 0.3 is 11.7 Å². The van der Waals surface area contributed by atoms with E-state index in [9.17, 15) is 14.0 Å². The van der Waals surface area contributed by atoms with Gasteiger partial charge in [0, 0.05) is 11.2 Å². The Morgan fingerprint density at radius 1 is 1.44 bits per heavy atom. The molecule has 0 amide bonds. The van der Waals surface area contributed by atoms with Crippen LogP contribution < -0.4 is 5.76 Å². The Morgan fingerprint density at radius 2 is 2.15 bits per heavy atom. The lowest BCUT2D eigenvalue weighted by Crippen LogP contribution is -2.20. The molecule has 0 aliphatic carbocycles.